The minimum atomic E-state index is 0.191. The van der Waals surface area contributed by atoms with Crippen LogP contribution in [-0.2, 0) is 6.54 Å². The molecule has 1 N–H and O–H groups in total. The van der Waals surface area contributed by atoms with Gasteiger partial charge in [0.25, 0.3) is 0 Å². The molecule has 1 aliphatic heterocycles. The second kappa shape index (κ2) is 4.86. The predicted octanol–water partition coefficient (Wildman–Crippen LogP) is 3.18. The third-order valence-corrected chi connectivity index (χ3v) is 4.01. The van der Waals surface area contributed by atoms with E-state index in [0.29, 0.717) is 0 Å². The molecule has 0 amide bonds. The van der Waals surface area contributed by atoms with Crippen LogP contribution in [0, 0.1) is 0 Å². The van der Waals surface area contributed by atoms with E-state index in [1.165, 1.54) is 0 Å². The summed E-state index contributed by atoms with van der Waals surface area (Å²) in [5, 5.41) is 9.39. The molecule has 94 valence electrons. The van der Waals surface area contributed by atoms with Crippen molar-refractivity contribution in [1.29, 1.82) is 0 Å². The van der Waals surface area contributed by atoms with Crippen LogP contribution in [0.3, 0.4) is 0 Å². The molecular formula is C14H15BrN2O. The Balaban J connectivity index is 1.99. The smallest absolute Gasteiger partial charge is 0.114 e. The Labute approximate surface area is 115 Å². The van der Waals surface area contributed by atoms with Gasteiger partial charge in [0.15, 0.2) is 0 Å². The van der Waals surface area contributed by atoms with Crippen molar-refractivity contribution in [2.24, 2.45) is 0 Å². The Bertz CT molecular complexity index is 547. The van der Waals surface area contributed by atoms with Crippen molar-refractivity contribution in [2.45, 2.75) is 25.3 Å². The maximum Gasteiger partial charge on any atom is 0.114 e. The topological polar surface area (TPSA) is 38.0 Å². The van der Waals surface area contributed by atoms with Gasteiger partial charge in [-0.2, -0.15) is 0 Å². The summed E-state index contributed by atoms with van der Waals surface area (Å²) >= 11 is 3.44. The lowest BCUT2D eigenvalue weighted by Gasteiger charge is -2.21. The van der Waals surface area contributed by atoms with Crippen molar-refractivity contribution in [2.75, 3.05) is 6.61 Å². The number of aromatic nitrogens is 2. The van der Waals surface area contributed by atoms with Gasteiger partial charge in [0, 0.05) is 28.7 Å². The Morgan fingerprint density at radius 2 is 2.11 bits per heavy atom. The zero-order valence-electron chi connectivity index (χ0n) is 10.0. The highest BCUT2D eigenvalue weighted by molar-refractivity contribution is 9.10. The van der Waals surface area contributed by atoms with E-state index in [4.69, 9.17) is 4.98 Å². The molecule has 2 heterocycles. The summed E-state index contributed by atoms with van der Waals surface area (Å²) in [6.45, 7) is 1.20. The Hall–Kier alpha value is -1.13. The molecule has 0 bridgehead atoms. The molecule has 0 aliphatic carbocycles. The molecule has 1 aromatic carbocycles. The minimum absolute atomic E-state index is 0.191. The van der Waals surface area contributed by atoms with Crippen LogP contribution in [0.2, 0.25) is 0 Å². The number of halogens is 1. The first-order valence-corrected chi connectivity index (χ1v) is 7.01. The average molecular weight is 307 g/mol. The lowest BCUT2D eigenvalue weighted by Crippen LogP contribution is -2.18. The van der Waals surface area contributed by atoms with Gasteiger partial charge in [-0.3, -0.25) is 0 Å². The number of imidazole rings is 1. The average Bonchev–Trinajstić information content (AvgIpc) is 2.83. The van der Waals surface area contributed by atoms with Gasteiger partial charge in [0.2, 0.25) is 0 Å². The Morgan fingerprint density at radius 3 is 2.83 bits per heavy atom. The monoisotopic (exact) mass is 306 g/mol. The summed E-state index contributed by atoms with van der Waals surface area (Å²) in [5.41, 5.74) is 2.12. The van der Waals surface area contributed by atoms with Crippen molar-refractivity contribution in [3.05, 3.63) is 40.8 Å². The van der Waals surface area contributed by atoms with Gasteiger partial charge in [-0.15, -0.1) is 0 Å². The van der Waals surface area contributed by atoms with Crippen LogP contribution >= 0.6 is 15.9 Å². The molecule has 18 heavy (non-hydrogen) atoms. The SMILES string of the molecule is OCC1CCCn2cc(-c3ccc(Br)cc3)nc21. The summed E-state index contributed by atoms with van der Waals surface area (Å²) in [6.07, 6.45) is 4.25. The van der Waals surface area contributed by atoms with Crippen molar-refractivity contribution in [1.82, 2.24) is 9.55 Å². The Kier molecular flexibility index (Phi) is 3.22. The molecule has 4 heteroatoms. The van der Waals surface area contributed by atoms with Crippen LogP contribution in [0.5, 0.6) is 0 Å². The van der Waals surface area contributed by atoms with E-state index >= 15 is 0 Å². The first kappa shape index (κ1) is 11.9. The second-order valence-corrected chi connectivity index (χ2v) is 5.62. The molecule has 0 spiro atoms. The highest BCUT2D eigenvalue weighted by Gasteiger charge is 2.22. The van der Waals surface area contributed by atoms with Gasteiger partial charge in [-0.05, 0) is 25.0 Å². The number of rotatable bonds is 2. The van der Waals surface area contributed by atoms with Crippen LogP contribution < -0.4 is 0 Å². The summed E-state index contributed by atoms with van der Waals surface area (Å²) in [6, 6.07) is 8.17. The van der Waals surface area contributed by atoms with E-state index in [-0.39, 0.29) is 12.5 Å². The maximum absolute atomic E-state index is 9.39. The third-order valence-electron chi connectivity index (χ3n) is 3.48. The molecule has 3 nitrogen and oxygen atoms in total. The van der Waals surface area contributed by atoms with Crippen LogP contribution in [0.4, 0.5) is 0 Å². The number of aliphatic hydroxyl groups is 1. The fraction of sp³-hybridized carbons (Fsp3) is 0.357. The molecule has 1 unspecified atom stereocenters. The van der Waals surface area contributed by atoms with Crippen LogP contribution in [0.1, 0.15) is 24.6 Å². The number of aliphatic hydroxyl groups excluding tert-OH is 1. The van der Waals surface area contributed by atoms with E-state index in [1.54, 1.807) is 0 Å². The zero-order valence-corrected chi connectivity index (χ0v) is 11.6. The van der Waals surface area contributed by atoms with Crippen LogP contribution in [0.25, 0.3) is 11.3 Å². The number of benzene rings is 1. The highest BCUT2D eigenvalue weighted by Crippen LogP contribution is 2.29. The lowest BCUT2D eigenvalue weighted by molar-refractivity contribution is 0.238. The van der Waals surface area contributed by atoms with Gasteiger partial charge in [0.05, 0.1) is 12.3 Å². The largest absolute Gasteiger partial charge is 0.396 e. The van der Waals surface area contributed by atoms with Gasteiger partial charge in [0.1, 0.15) is 5.82 Å². The standard InChI is InChI=1S/C14H15BrN2O/c15-12-5-3-10(4-6-12)13-8-17-7-1-2-11(9-18)14(17)16-13/h3-6,8,11,18H,1-2,7,9H2. The van der Waals surface area contributed by atoms with Crippen molar-refractivity contribution in [3.63, 3.8) is 0 Å². The second-order valence-electron chi connectivity index (χ2n) is 4.71. The summed E-state index contributed by atoms with van der Waals surface area (Å²) in [5.74, 6) is 1.23. The molecule has 3 rings (SSSR count). The van der Waals surface area contributed by atoms with Crippen molar-refractivity contribution >= 4 is 15.9 Å². The predicted molar refractivity (Wildman–Crippen MR) is 74.4 cm³/mol. The van der Waals surface area contributed by atoms with E-state index < -0.39 is 0 Å². The van der Waals surface area contributed by atoms with Gasteiger partial charge in [-0.1, -0.05) is 28.1 Å². The first-order valence-electron chi connectivity index (χ1n) is 6.22. The molecule has 0 saturated carbocycles. The maximum atomic E-state index is 9.39. The minimum Gasteiger partial charge on any atom is -0.396 e. The molecule has 1 aromatic heterocycles. The fourth-order valence-corrected chi connectivity index (χ4v) is 2.77. The van der Waals surface area contributed by atoms with Crippen LogP contribution in [-0.4, -0.2) is 21.3 Å². The number of aryl methyl sites for hydroxylation is 1. The Morgan fingerprint density at radius 1 is 1.33 bits per heavy atom. The van der Waals surface area contributed by atoms with Crippen molar-refractivity contribution in [3.8, 4) is 11.3 Å². The van der Waals surface area contributed by atoms with E-state index in [1.807, 2.05) is 12.1 Å². The van der Waals surface area contributed by atoms with Gasteiger partial charge < -0.3 is 9.67 Å². The summed E-state index contributed by atoms with van der Waals surface area (Å²) in [4.78, 5) is 4.69. The summed E-state index contributed by atoms with van der Waals surface area (Å²) in [7, 11) is 0. The lowest BCUT2D eigenvalue weighted by atomic mass is 10.0. The van der Waals surface area contributed by atoms with Gasteiger partial charge in [-0.25, -0.2) is 4.98 Å². The zero-order chi connectivity index (χ0) is 12.5. The fourth-order valence-electron chi connectivity index (χ4n) is 2.50. The first-order chi connectivity index (χ1) is 8.78. The van der Waals surface area contributed by atoms with E-state index in [0.717, 1.165) is 40.9 Å². The number of nitrogens with zero attached hydrogens (tertiary/aromatic N) is 2. The quantitative estimate of drug-likeness (QED) is 0.925. The molecular weight excluding hydrogens is 292 g/mol. The molecule has 1 aliphatic rings. The van der Waals surface area contributed by atoms with Crippen LogP contribution in [0.15, 0.2) is 34.9 Å². The summed E-state index contributed by atoms with van der Waals surface area (Å²) < 4.78 is 3.25. The normalized spacial score (nSPS) is 18.7. The molecule has 0 radical (unpaired) electrons. The highest BCUT2D eigenvalue weighted by atomic mass is 79.9. The van der Waals surface area contributed by atoms with Gasteiger partial charge >= 0.3 is 0 Å². The molecule has 0 saturated heterocycles. The number of hydrogen-bond acceptors (Lipinski definition) is 2. The number of hydrogen-bond donors (Lipinski definition) is 1. The van der Waals surface area contributed by atoms with E-state index in [2.05, 4.69) is 38.8 Å². The molecule has 2 aromatic rings. The van der Waals surface area contributed by atoms with Crippen molar-refractivity contribution < 1.29 is 5.11 Å². The third kappa shape index (κ3) is 2.10. The van der Waals surface area contributed by atoms with E-state index in [9.17, 15) is 5.11 Å². The molecule has 0 fully saturated rings. The number of fused-ring (bicyclic) bond motifs is 1. The molecule has 1 atom stereocenters.